The lowest BCUT2D eigenvalue weighted by atomic mass is 9.74. The van der Waals surface area contributed by atoms with Crippen molar-refractivity contribution in [2.75, 3.05) is 19.7 Å². The average molecular weight is 362 g/mol. The van der Waals surface area contributed by atoms with E-state index in [1.165, 1.54) is 5.56 Å². The van der Waals surface area contributed by atoms with Gasteiger partial charge in [-0.2, -0.15) is 0 Å². The van der Waals surface area contributed by atoms with Crippen molar-refractivity contribution in [3.63, 3.8) is 0 Å². The minimum atomic E-state index is -0.159. The van der Waals surface area contributed by atoms with E-state index in [4.69, 9.17) is 10.5 Å². The molecule has 1 fully saturated rings. The molecule has 1 amide bonds. The number of fused-ring (bicyclic) bond motifs is 2. The highest BCUT2D eigenvalue weighted by molar-refractivity contribution is 5.94. The predicted octanol–water partition coefficient (Wildman–Crippen LogP) is 2.16. The molecule has 0 bridgehead atoms. The summed E-state index contributed by atoms with van der Waals surface area (Å²) in [7, 11) is 0. The van der Waals surface area contributed by atoms with Crippen LogP contribution < -0.4 is 10.5 Å². The molecule has 0 atom stereocenters. The van der Waals surface area contributed by atoms with Gasteiger partial charge in [0.1, 0.15) is 11.5 Å². The number of piperidine rings is 1. The van der Waals surface area contributed by atoms with Crippen molar-refractivity contribution in [1.82, 2.24) is 4.90 Å². The van der Waals surface area contributed by atoms with E-state index in [1.54, 1.807) is 24.3 Å². The van der Waals surface area contributed by atoms with Crippen LogP contribution in [0.3, 0.4) is 0 Å². The van der Waals surface area contributed by atoms with Gasteiger partial charge in [0.2, 0.25) is 0 Å². The number of hydrogen-bond donors (Lipinski definition) is 2. The van der Waals surface area contributed by atoms with E-state index in [2.05, 4.69) is 17.9 Å². The van der Waals surface area contributed by atoms with E-state index < -0.39 is 0 Å². The van der Waals surface area contributed by atoms with Gasteiger partial charge in [-0.05, 0) is 48.7 Å². The van der Waals surface area contributed by atoms with Crippen LogP contribution in [-0.4, -0.2) is 35.6 Å². The Morgan fingerprint density at radius 2 is 1.93 bits per heavy atom. The molecule has 2 aliphatic rings. The molecule has 0 saturated carbocycles. The number of carbonyl (C=O) groups excluding carboxylic acids is 1. The molecular weight excluding hydrogens is 340 g/mol. The first-order valence-electron chi connectivity index (χ1n) is 9.16. The smallest absolute Gasteiger partial charge is 0.298 e. The van der Waals surface area contributed by atoms with E-state index in [9.17, 15) is 9.90 Å². The van der Waals surface area contributed by atoms with Gasteiger partial charge in [0.15, 0.2) is 0 Å². The average Bonchev–Trinajstić information content (AvgIpc) is 3.05. The summed E-state index contributed by atoms with van der Waals surface area (Å²) in [6.07, 6.45) is 1.72. The number of benzene rings is 2. The van der Waals surface area contributed by atoms with Gasteiger partial charge in [-0.3, -0.25) is 4.79 Å². The molecule has 2 aromatic carbocycles. The molecular formula is C22H22N2O3. The summed E-state index contributed by atoms with van der Waals surface area (Å²) in [6, 6.07) is 12.7. The van der Waals surface area contributed by atoms with Crippen LogP contribution >= 0.6 is 0 Å². The minimum Gasteiger partial charge on any atom is -0.508 e. The maximum Gasteiger partial charge on any atom is 0.298 e. The van der Waals surface area contributed by atoms with E-state index in [0.717, 1.165) is 24.2 Å². The first-order chi connectivity index (χ1) is 13.1. The Bertz CT molecular complexity index is 917. The van der Waals surface area contributed by atoms with Crippen LogP contribution in [0, 0.1) is 11.8 Å². The fraction of sp³-hybridized carbons (Fsp3) is 0.318. The molecule has 4 rings (SSSR count). The molecule has 0 radical (unpaired) electrons. The number of amides is 1. The lowest BCUT2D eigenvalue weighted by Crippen LogP contribution is -2.45. The first-order valence-corrected chi connectivity index (χ1v) is 9.16. The Kier molecular flexibility index (Phi) is 4.51. The van der Waals surface area contributed by atoms with Crippen molar-refractivity contribution < 1.29 is 14.6 Å². The molecule has 5 nitrogen and oxygen atoms in total. The highest BCUT2D eigenvalue weighted by Crippen LogP contribution is 2.45. The Balaban J connectivity index is 1.44. The number of hydrogen-bond acceptors (Lipinski definition) is 4. The summed E-state index contributed by atoms with van der Waals surface area (Å²) in [5.74, 6) is 6.55. The Morgan fingerprint density at radius 3 is 2.63 bits per heavy atom. The molecule has 0 unspecified atom stereocenters. The van der Waals surface area contributed by atoms with Gasteiger partial charge in [0.25, 0.3) is 5.91 Å². The summed E-state index contributed by atoms with van der Waals surface area (Å²) < 4.78 is 5.91. The molecule has 5 heteroatoms. The molecule has 1 spiro atoms. The number of ether oxygens (including phenoxy) is 1. The second-order valence-corrected chi connectivity index (χ2v) is 7.19. The summed E-state index contributed by atoms with van der Waals surface area (Å²) >= 11 is 0. The number of phenolic OH excluding ortho intramolecular Hbond substituents is 1. The highest BCUT2D eigenvalue weighted by atomic mass is 16.5. The highest BCUT2D eigenvalue weighted by Gasteiger charge is 2.43. The lowest BCUT2D eigenvalue weighted by Gasteiger charge is -2.37. The number of aromatic hydroxyl groups is 1. The number of carbonyl (C=O) groups is 1. The molecule has 3 N–H and O–H groups in total. The first kappa shape index (κ1) is 17.4. The van der Waals surface area contributed by atoms with Crippen LogP contribution in [-0.2, 0) is 16.8 Å². The van der Waals surface area contributed by atoms with Gasteiger partial charge < -0.3 is 20.5 Å². The molecule has 2 heterocycles. The van der Waals surface area contributed by atoms with Gasteiger partial charge in [-0.1, -0.05) is 18.1 Å². The topological polar surface area (TPSA) is 75.8 Å². The van der Waals surface area contributed by atoms with Crippen molar-refractivity contribution in [1.29, 1.82) is 0 Å². The lowest BCUT2D eigenvalue weighted by molar-refractivity contribution is -0.126. The fourth-order valence-corrected chi connectivity index (χ4v) is 3.84. The van der Waals surface area contributed by atoms with Crippen LogP contribution in [0.2, 0.25) is 0 Å². The van der Waals surface area contributed by atoms with E-state index >= 15 is 0 Å². The maximum absolute atomic E-state index is 12.4. The summed E-state index contributed by atoms with van der Waals surface area (Å²) in [5.41, 5.74) is 8.81. The summed E-state index contributed by atoms with van der Waals surface area (Å²) in [6.45, 7) is 2.51. The number of nitrogens with zero attached hydrogens (tertiary/aromatic N) is 1. The zero-order chi connectivity index (χ0) is 18.9. The third-order valence-corrected chi connectivity index (χ3v) is 5.54. The summed E-state index contributed by atoms with van der Waals surface area (Å²) in [4.78, 5) is 14.3. The van der Waals surface area contributed by atoms with Gasteiger partial charge >= 0.3 is 0 Å². The van der Waals surface area contributed by atoms with Crippen molar-refractivity contribution in [2.45, 2.75) is 24.8 Å². The molecule has 0 aliphatic carbocycles. The van der Waals surface area contributed by atoms with Crippen LogP contribution in [0.4, 0.5) is 0 Å². The van der Waals surface area contributed by atoms with E-state index in [-0.39, 0.29) is 17.1 Å². The molecule has 0 aromatic heterocycles. The zero-order valence-electron chi connectivity index (χ0n) is 15.1. The normalized spacial score (nSPS) is 17.0. The van der Waals surface area contributed by atoms with Crippen LogP contribution in [0.1, 0.15) is 29.5 Å². The maximum atomic E-state index is 12.4. The molecule has 1 saturated heterocycles. The van der Waals surface area contributed by atoms with Gasteiger partial charge in [0.05, 0.1) is 6.61 Å². The Hall–Kier alpha value is -2.97. The van der Waals surface area contributed by atoms with Gasteiger partial charge in [-0.15, -0.1) is 0 Å². The Morgan fingerprint density at radius 1 is 1.19 bits per heavy atom. The van der Waals surface area contributed by atoms with E-state index in [0.29, 0.717) is 31.8 Å². The number of phenols is 1. The second kappa shape index (κ2) is 6.98. The molecule has 138 valence electrons. The third-order valence-electron chi connectivity index (χ3n) is 5.54. The zero-order valence-corrected chi connectivity index (χ0v) is 15.1. The summed E-state index contributed by atoms with van der Waals surface area (Å²) in [5, 5.41) is 9.30. The quantitative estimate of drug-likeness (QED) is 0.763. The number of rotatable bonds is 1. The predicted molar refractivity (Wildman–Crippen MR) is 102 cm³/mol. The third kappa shape index (κ3) is 3.36. The molecule has 2 aliphatic heterocycles. The van der Waals surface area contributed by atoms with Crippen LogP contribution in [0.5, 0.6) is 11.5 Å². The Labute approximate surface area is 158 Å². The van der Waals surface area contributed by atoms with Crippen molar-refractivity contribution in [2.24, 2.45) is 5.73 Å². The largest absolute Gasteiger partial charge is 0.508 e. The van der Waals surface area contributed by atoms with E-state index in [1.807, 2.05) is 17.0 Å². The number of likely N-dealkylation sites (tertiary alicyclic amines) is 1. The second-order valence-electron chi connectivity index (χ2n) is 7.19. The monoisotopic (exact) mass is 362 g/mol. The van der Waals surface area contributed by atoms with Crippen molar-refractivity contribution in [3.05, 3.63) is 59.2 Å². The van der Waals surface area contributed by atoms with Gasteiger partial charge in [0, 0.05) is 42.1 Å². The number of nitrogens with two attached hydrogens (primary N) is 1. The van der Waals surface area contributed by atoms with Crippen LogP contribution in [0.15, 0.2) is 42.5 Å². The van der Waals surface area contributed by atoms with Crippen molar-refractivity contribution >= 4 is 5.91 Å². The standard InChI is InChI=1S/C22H22N2O3/c23-14-17-3-7-20-19(13-17)22(15-27-20)9-11-24(12-10-22)21(26)8-4-16-1-5-18(25)6-2-16/h1-3,5-7,13,25H,9-12,14-15,23H2. The molecule has 27 heavy (non-hydrogen) atoms. The van der Waals surface area contributed by atoms with Gasteiger partial charge in [-0.25, -0.2) is 0 Å². The van der Waals surface area contributed by atoms with Crippen molar-refractivity contribution in [3.8, 4) is 23.3 Å². The SMILES string of the molecule is NCc1ccc2c(c1)C1(CCN(C(=O)C#Cc3ccc(O)cc3)CC1)CO2. The fourth-order valence-electron chi connectivity index (χ4n) is 3.84. The van der Waals surface area contributed by atoms with Crippen LogP contribution in [0.25, 0.3) is 0 Å². The molecule has 2 aromatic rings. The minimum absolute atomic E-state index is 0.0261.